The molecule has 1 N–H and O–H groups in total. The summed E-state index contributed by atoms with van der Waals surface area (Å²) in [6.45, 7) is 7.34. The van der Waals surface area contributed by atoms with Crippen molar-refractivity contribution in [1.29, 1.82) is 0 Å². The van der Waals surface area contributed by atoms with Gasteiger partial charge in [-0.25, -0.2) is 4.79 Å². The van der Waals surface area contributed by atoms with Gasteiger partial charge in [-0.2, -0.15) is 0 Å². The fraction of sp³-hybridized carbons (Fsp3) is 0.259. The lowest BCUT2D eigenvalue weighted by molar-refractivity contribution is -0.127. The maximum atomic E-state index is 13.0. The van der Waals surface area contributed by atoms with Gasteiger partial charge in [0.2, 0.25) is 5.91 Å². The van der Waals surface area contributed by atoms with E-state index in [1.165, 1.54) is 18.2 Å². The van der Waals surface area contributed by atoms with Crippen LogP contribution in [0.2, 0.25) is 5.02 Å². The molecule has 1 aliphatic heterocycles. The fourth-order valence-corrected chi connectivity index (χ4v) is 4.70. The fourth-order valence-electron chi connectivity index (χ4n) is 3.67. The van der Waals surface area contributed by atoms with E-state index in [9.17, 15) is 19.2 Å². The molecule has 1 heterocycles. The van der Waals surface area contributed by atoms with E-state index >= 15 is 0 Å². The number of amides is 3. The minimum absolute atomic E-state index is 0.0853. The summed E-state index contributed by atoms with van der Waals surface area (Å²) in [4.78, 5) is 51.3. The number of esters is 1. The molecular formula is C27H27ClN2O7S. The summed E-state index contributed by atoms with van der Waals surface area (Å²) in [6, 6.07) is 7.85. The Balaban J connectivity index is 1.78. The second-order valence-electron chi connectivity index (χ2n) is 7.87. The molecule has 1 saturated heterocycles. The number of benzene rings is 2. The largest absolute Gasteiger partial charge is 0.493 e. The van der Waals surface area contributed by atoms with Crippen LogP contribution in [0.15, 0.2) is 47.9 Å². The van der Waals surface area contributed by atoms with Crippen molar-refractivity contribution in [2.45, 2.75) is 20.3 Å². The number of halogens is 1. The number of nitrogens with zero attached hydrogens (tertiary/aromatic N) is 1. The predicted molar refractivity (Wildman–Crippen MR) is 147 cm³/mol. The highest BCUT2D eigenvalue weighted by molar-refractivity contribution is 8.18. The average Bonchev–Trinajstić information content (AvgIpc) is 3.13. The molecule has 2 aromatic carbocycles. The highest BCUT2D eigenvalue weighted by atomic mass is 35.5. The van der Waals surface area contributed by atoms with Crippen LogP contribution in [-0.4, -0.2) is 54.8 Å². The van der Waals surface area contributed by atoms with Crippen LogP contribution in [0, 0.1) is 0 Å². The van der Waals surface area contributed by atoms with Gasteiger partial charge >= 0.3 is 5.97 Å². The van der Waals surface area contributed by atoms with E-state index in [4.69, 9.17) is 25.8 Å². The van der Waals surface area contributed by atoms with Crippen molar-refractivity contribution in [2.24, 2.45) is 0 Å². The molecular weight excluding hydrogens is 532 g/mol. The van der Waals surface area contributed by atoms with Gasteiger partial charge in [0.05, 0.1) is 35.8 Å². The maximum absolute atomic E-state index is 13.0. The molecule has 0 unspecified atom stereocenters. The SMILES string of the molecule is C=CCc1cc(/C=C2/SC(=O)N(CC(=O)Nc3ccc(Cl)c(C(=O)OCC)c3)C2=O)cc(OCC)c1OC. The van der Waals surface area contributed by atoms with Gasteiger partial charge in [-0.05, 0) is 74.0 Å². The number of allylic oxidation sites excluding steroid dienone is 1. The minimum Gasteiger partial charge on any atom is -0.493 e. The molecule has 0 atom stereocenters. The lowest BCUT2D eigenvalue weighted by Crippen LogP contribution is -2.36. The van der Waals surface area contributed by atoms with Crippen molar-refractivity contribution in [2.75, 3.05) is 32.2 Å². The van der Waals surface area contributed by atoms with Gasteiger partial charge in [-0.15, -0.1) is 6.58 Å². The number of hydrogen-bond acceptors (Lipinski definition) is 8. The Hall–Kier alpha value is -3.76. The highest BCUT2D eigenvalue weighted by Gasteiger charge is 2.36. The average molecular weight is 559 g/mol. The first kappa shape index (κ1) is 28.8. The molecule has 3 amide bonds. The number of carbonyl (C=O) groups is 4. The van der Waals surface area contributed by atoms with Gasteiger partial charge in [0.25, 0.3) is 11.1 Å². The molecule has 11 heteroatoms. The molecule has 0 aliphatic carbocycles. The zero-order valence-electron chi connectivity index (χ0n) is 21.2. The summed E-state index contributed by atoms with van der Waals surface area (Å²) in [5, 5.41) is 2.16. The van der Waals surface area contributed by atoms with Gasteiger partial charge in [-0.3, -0.25) is 19.3 Å². The maximum Gasteiger partial charge on any atom is 0.339 e. The Morgan fingerprint density at radius 3 is 2.58 bits per heavy atom. The van der Waals surface area contributed by atoms with Crippen LogP contribution in [0.1, 0.15) is 35.3 Å². The van der Waals surface area contributed by atoms with Crippen LogP contribution in [0.25, 0.3) is 6.08 Å². The standard InChI is InChI=1S/C27H27ClN2O7S/c1-5-8-17-11-16(12-21(36-6-2)24(17)35-4)13-22-25(32)30(27(34)38-22)15-23(31)29-18-9-10-20(28)19(14-18)26(33)37-7-3/h5,9-14H,1,6-8,15H2,2-4H3,(H,29,31)/b22-13+. The van der Waals surface area contributed by atoms with Gasteiger partial charge < -0.3 is 19.5 Å². The third kappa shape index (κ3) is 6.76. The molecule has 0 aromatic heterocycles. The van der Waals surface area contributed by atoms with Crippen LogP contribution >= 0.6 is 23.4 Å². The van der Waals surface area contributed by atoms with Gasteiger partial charge in [0.1, 0.15) is 6.54 Å². The Morgan fingerprint density at radius 1 is 1.16 bits per heavy atom. The Kier molecular flexibility index (Phi) is 9.98. The molecule has 0 saturated carbocycles. The summed E-state index contributed by atoms with van der Waals surface area (Å²) in [6.07, 6.45) is 3.80. The van der Waals surface area contributed by atoms with Crippen molar-refractivity contribution in [3.8, 4) is 11.5 Å². The van der Waals surface area contributed by atoms with Gasteiger partial charge in [0, 0.05) is 11.3 Å². The van der Waals surface area contributed by atoms with Crippen LogP contribution in [0.4, 0.5) is 10.5 Å². The zero-order chi connectivity index (χ0) is 27.8. The summed E-state index contributed by atoms with van der Waals surface area (Å²) < 4.78 is 16.1. The Labute approximate surface area is 229 Å². The van der Waals surface area contributed by atoms with E-state index in [0.29, 0.717) is 30.1 Å². The highest BCUT2D eigenvalue weighted by Crippen LogP contribution is 2.37. The molecule has 2 aromatic rings. The number of ether oxygens (including phenoxy) is 3. The molecule has 1 fully saturated rings. The second kappa shape index (κ2) is 13.2. The molecule has 9 nitrogen and oxygen atoms in total. The van der Waals surface area contributed by atoms with Crippen molar-refractivity contribution < 1.29 is 33.4 Å². The monoisotopic (exact) mass is 558 g/mol. The first-order valence-corrected chi connectivity index (χ1v) is 12.9. The van der Waals surface area contributed by atoms with Crippen molar-refractivity contribution in [3.05, 3.63) is 69.6 Å². The van der Waals surface area contributed by atoms with Gasteiger partial charge in [0.15, 0.2) is 11.5 Å². The number of thioether (sulfide) groups is 1. The van der Waals surface area contributed by atoms with Crippen molar-refractivity contribution in [3.63, 3.8) is 0 Å². The lowest BCUT2D eigenvalue weighted by atomic mass is 10.0. The first-order valence-electron chi connectivity index (χ1n) is 11.7. The lowest BCUT2D eigenvalue weighted by Gasteiger charge is -2.15. The third-order valence-corrected chi connectivity index (χ3v) is 6.48. The quantitative estimate of drug-likeness (QED) is 0.224. The van der Waals surface area contributed by atoms with E-state index in [0.717, 1.165) is 22.2 Å². The smallest absolute Gasteiger partial charge is 0.339 e. The summed E-state index contributed by atoms with van der Waals surface area (Å²) >= 11 is 6.79. The zero-order valence-corrected chi connectivity index (χ0v) is 22.7. The molecule has 38 heavy (non-hydrogen) atoms. The predicted octanol–water partition coefficient (Wildman–Crippen LogP) is 5.33. The number of anilines is 1. The molecule has 1 aliphatic rings. The molecule has 0 radical (unpaired) electrons. The summed E-state index contributed by atoms with van der Waals surface area (Å²) in [5.74, 6) is -0.780. The number of nitrogens with one attached hydrogen (secondary N) is 1. The Morgan fingerprint density at radius 2 is 1.92 bits per heavy atom. The summed E-state index contributed by atoms with van der Waals surface area (Å²) in [7, 11) is 1.54. The molecule has 0 bridgehead atoms. The number of hydrogen-bond donors (Lipinski definition) is 1. The second-order valence-corrected chi connectivity index (χ2v) is 9.27. The number of carbonyl (C=O) groups excluding carboxylic acids is 4. The molecule has 200 valence electrons. The first-order chi connectivity index (χ1) is 18.2. The topological polar surface area (TPSA) is 111 Å². The van der Waals surface area contributed by atoms with E-state index < -0.39 is 29.6 Å². The van der Waals surface area contributed by atoms with Crippen molar-refractivity contribution in [1.82, 2.24) is 4.90 Å². The van der Waals surface area contributed by atoms with E-state index in [-0.39, 0.29) is 27.8 Å². The minimum atomic E-state index is -0.632. The van der Waals surface area contributed by atoms with Crippen LogP contribution in [0.5, 0.6) is 11.5 Å². The van der Waals surface area contributed by atoms with Crippen molar-refractivity contribution >= 4 is 58.1 Å². The third-order valence-electron chi connectivity index (χ3n) is 5.24. The van der Waals surface area contributed by atoms with Crippen LogP contribution in [-0.2, 0) is 20.7 Å². The normalized spacial score (nSPS) is 14.0. The number of rotatable bonds is 11. The Bertz CT molecular complexity index is 1310. The summed E-state index contributed by atoms with van der Waals surface area (Å²) in [5.41, 5.74) is 1.79. The van der Waals surface area contributed by atoms with Crippen LogP contribution < -0.4 is 14.8 Å². The van der Waals surface area contributed by atoms with E-state index in [1.54, 1.807) is 32.3 Å². The van der Waals surface area contributed by atoms with E-state index in [2.05, 4.69) is 11.9 Å². The van der Waals surface area contributed by atoms with Gasteiger partial charge in [-0.1, -0.05) is 17.7 Å². The molecule has 0 spiro atoms. The number of methoxy groups -OCH3 is 1. The van der Waals surface area contributed by atoms with E-state index in [1.807, 2.05) is 13.0 Å². The number of imide groups is 1. The molecule has 3 rings (SSSR count). The van der Waals surface area contributed by atoms with Crippen LogP contribution in [0.3, 0.4) is 0 Å².